The molecular weight excluding hydrogens is 426 g/mol. The van der Waals surface area contributed by atoms with E-state index in [1.807, 2.05) is 0 Å². The molecule has 0 fully saturated rings. The van der Waals surface area contributed by atoms with Crippen molar-refractivity contribution >= 4 is 28.1 Å². The lowest BCUT2D eigenvalue weighted by Gasteiger charge is -2.18. The summed E-state index contributed by atoms with van der Waals surface area (Å²) < 4.78 is 66.8. The number of carbonyl (C=O) groups excluding carboxylic acids is 1. The summed E-state index contributed by atoms with van der Waals surface area (Å²) in [5.41, 5.74) is -0.430. The molecule has 0 spiro atoms. The number of hydrogen-bond acceptors (Lipinski definition) is 10. The number of halogens is 2. The van der Waals surface area contributed by atoms with Gasteiger partial charge < -0.3 is 13.7 Å². The first kappa shape index (κ1) is 24.3. The molecule has 0 saturated heterocycles. The van der Waals surface area contributed by atoms with E-state index in [-0.39, 0.29) is 30.1 Å². The van der Waals surface area contributed by atoms with Crippen LogP contribution in [-0.2, 0) is 33.9 Å². The standard InChI is InChI=1S/C15H18F2O9S2/c1-15(2,3)23-9-22-13(18)10-5-7-11(8-6-10)24-28(19,20)14(12(16)17)27-26-25-21-4/h5-8H,9H2,1-4H3. The van der Waals surface area contributed by atoms with Gasteiger partial charge in [-0.3, -0.25) is 0 Å². The van der Waals surface area contributed by atoms with Crippen LogP contribution in [0.2, 0.25) is 0 Å². The molecular formula is C15H18F2O9S2. The Morgan fingerprint density at radius 2 is 1.75 bits per heavy atom. The lowest BCUT2D eigenvalue weighted by atomic mass is 10.2. The van der Waals surface area contributed by atoms with Crippen LogP contribution in [0.15, 0.2) is 34.6 Å². The third kappa shape index (κ3) is 8.50. The number of ether oxygens (including phenoxy) is 2. The Morgan fingerprint density at radius 3 is 2.25 bits per heavy atom. The van der Waals surface area contributed by atoms with Crippen molar-refractivity contribution in [2.24, 2.45) is 0 Å². The van der Waals surface area contributed by atoms with Crippen LogP contribution in [0, 0.1) is 0 Å². The molecule has 0 unspecified atom stereocenters. The molecule has 158 valence electrons. The second kappa shape index (κ2) is 10.7. The zero-order chi connectivity index (χ0) is 21.4. The van der Waals surface area contributed by atoms with Gasteiger partial charge in [0.1, 0.15) is 5.75 Å². The molecule has 0 amide bonds. The molecule has 0 atom stereocenters. The molecule has 0 aliphatic heterocycles. The van der Waals surface area contributed by atoms with Crippen LogP contribution in [-0.4, -0.2) is 33.9 Å². The topological polar surface area (TPSA) is 107 Å². The average molecular weight is 444 g/mol. The van der Waals surface area contributed by atoms with Crippen LogP contribution in [0.3, 0.4) is 0 Å². The van der Waals surface area contributed by atoms with Crippen molar-refractivity contribution in [2.45, 2.75) is 26.4 Å². The van der Waals surface area contributed by atoms with Crippen molar-refractivity contribution in [1.29, 1.82) is 0 Å². The lowest BCUT2D eigenvalue weighted by molar-refractivity contribution is -0.447. The van der Waals surface area contributed by atoms with Gasteiger partial charge in [0.15, 0.2) is 6.79 Å². The Kier molecular flexibility index (Phi) is 9.26. The minimum atomic E-state index is -4.92. The van der Waals surface area contributed by atoms with Crippen molar-refractivity contribution in [1.82, 2.24) is 0 Å². The summed E-state index contributed by atoms with van der Waals surface area (Å²) >= 11 is -0.319. The van der Waals surface area contributed by atoms with Gasteiger partial charge in [0, 0.05) is 0 Å². The second-order valence-electron chi connectivity index (χ2n) is 5.80. The highest BCUT2D eigenvalue weighted by molar-refractivity contribution is 8.14. The van der Waals surface area contributed by atoms with Gasteiger partial charge >= 0.3 is 22.2 Å². The largest absolute Gasteiger partial charge is 0.435 e. The van der Waals surface area contributed by atoms with Crippen molar-refractivity contribution in [2.75, 3.05) is 13.9 Å². The Balaban J connectivity index is 2.77. The van der Waals surface area contributed by atoms with Gasteiger partial charge in [0.25, 0.3) is 0 Å². The molecule has 28 heavy (non-hydrogen) atoms. The third-order valence-electron chi connectivity index (χ3n) is 2.56. The number of hydrogen-bond donors (Lipinski definition) is 0. The molecule has 1 aromatic carbocycles. The van der Waals surface area contributed by atoms with Crippen molar-refractivity contribution < 1.29 is 49.9 Å². The van der Waals surface area contributed by atoms with Gasteiger partial charge in [-0.05, 0) is 45.0 Å². The fourth-order valence-corrected chi connectivity index (χ4v) is 2.75. The highest BCUT2D eigenvalue weighted by atomic mass is 32.3. The minimum absolute atomic E-state index is 0.0703. The molecule has 0 bridgehead atoms. The molecule has 0 saturated carbocycles. The summed E-state index contributed by atoms with van der Waals surface area (Å²) in [5.74, 6) is -1.05. The zero-order valence-corrected chi connectivity index (χ0v) is 16.9. The van der Waals surface area contributed by atoms with E-state index in [1.165, 1.54) is 12.1 Å². The second-order valence-corrected chi connectivity index (χ2v) is 8.25. The lowest BCUT2D eigenvalue weighted by Crippen LogP contribution is -2.22. The Labute approximate surface area is 164 Å². The van der Waals surface area contributed by atoms with E-state index in [4.69, 9.17) is 9.47 Å². The number of carbonyl (C=O) groups is 1. The van der Waals surface area contributed by atoms with Gasteiger partial charge in [-0.15, -0.1) is 4.33 Å². The maximum Gasteiger partial charge on any atom is 0.353 e. The molecule has 13 heteroatoms. The highest BCUT2D eigenvalue weighted by Gasteiger charge is 2.29. The molecule has 1 aromatic rings. The van der Waals surface area contributed by atoms with Crippen LogP contribution in [0.5, 0.6) is 5.75 Å². The third-order valence-corrected chi connectivity index (χ3v) is 4.83. The number of esters is 1. The van der Waals surface area contributed by atoms with E-state index in [0.717, 1.165) is 19.2 Å². The molecule has 0 aliphatic rings. The minimum Gasteiger partial charge on any atom is -0.435 e. The van der Waals surface area contributed by atoms with Gasteiger partial charge in [-0.1, -0.05) is 5.04 Å². The first-order chi connectivity index (χ1) is 13.0. The van der Waals surface area contributed by atoms with Crippen LogP contribution < -0.4 is 4.18 Å². The van der Waals surface area contributed by atoms with E-state index < -0.39 is 32.0 Å². The van der Waals surface area contributed by atoms with Gasteiger partial charge in [-0.25, -0.2) is 9.68 Å². The smallest absolute Gasteiger partial charge is 0.353 e. The van der Waals surface area contributed by atoms with Gasteiger partial charge in [0.05, 0.1) is 30.3 Å². The van der Waals surface area contributed by atoms with Gasteiger partial charge in [0.2, 0.25) is 4.24 Å². The van der Waals surface area contributed by atoms with E-state index in [2.05, 4.69) is 18.4 Å². The quantitative estimate of drug-likeness (QED) is 0.101. The maximum absolute atomic E-state index is 12.8. The predicted octanol–water partition coefficient (Wildman–Crippen LogP) is 3.55. The van der Waals surface area contributed by atoms with E-state index >= 15 is 0 Å². The van der Waals surface area contributed by atoms with Gasteiger partial charge in [-0.2, -0.15) is 17.2 Å². The summed E-state index contributed by atoms with van der Waals surface area (Å²) in [7, 11) is -3.91. The summed E-state index contributed by atoms with van der Waals surface area (Å²) in [5, 5.41) is 3.87. The normalized spacial score (nSPS) is 11.8. The highest BCUT2D eigenvalue weighted by Crippen LogP contribution is 2.31. The first-order valence-corrected chi connectivity index (χ1v) is 9.56. The molecule has 0 aromatic heterocycles. The number of benzene rings is 1. The maximum atomic E-state index is 12.8. The van der Waals surface area contributed by atoms with Crippen molar-refractivity contribution in [3.05, 3.63) is 40.1 Å². The number of rotatable bonds is 10. The van der Waals surface area contributed by atoms with Crippen LogP contribution >= 0.6 is 12.0 Å². The fourth-order valence-electron chi connectivity index (χ4n) is 1.39. The van der Waals surface area contributed by atoms with Crippen LogP contribution in [0.25, 0.3) is 0 Å². The summed E-state index contributed by atoms with van der Waals surface area (Å²) in [6.45, 7) is 5.06. The molecule has 0 radical (unpaired) electrons. The first-order valence-electron chi connectivity index (χ1n) is 7.41. The molecule has 9 nitrogen and oxygen atoms in total. The molecule has 1 rings (SSSR count). The summed E-state index contributed by atoms with van der Waals surface area (Å²) in [6.07, 6.45) is -2.58. The van der Waals surface area contributed by atoms with Crippen molar-refractivity contribution in [3.63, 3.8) is 0 Å². The molecule has 0 heterocycles. The van der Waals surface area contributed by atoms with E-state index in [9.17, 15) is 22.0 Å². The van der Waals surface area contributed by atoms with E-state index in [1.54, 1.807) is 20.8 Å². The molecule has 0 aliphatic carbocycles. The van der Waals surface area contributed by atoms with Crippen LogP contribution in [0.1, 0.15) is 31.1 Å². The Morgan fingerprint density at radius 1 is 1.14 bits per heavy atom. The molecule has 0 N–H and O–H groups in total. The predicted molar refractivity (Wildman–Crippen MR) is 93.1 cm³/mol. The Hall–Kier alpha value is -1.77. The Bertz CT molecular complexity index is 783. The zero-order valence-electron chi connectivity index (χ0n) is 15.3. The van der Waals surface area contributed by atoms with E-state index in [0.29, 0.717) is 0 Å². The van der Waals surface area contributed by atoms with Crippen molar-refractivity contribution in [3.8, 4) is 5.75 Å². The average Bonchev–Trinajstić information content (AvgIpc) is 2.57. The summed E-state index contributed by atoms with van der Waals surface area (Å²) in [4.78, 5) is 15.8. The monoisotopic (exact) mass is 444 g/mol. The SMILES string of the molecule is COOOSC(=C(F)F)S(=O)(=O)Oc1ccc(C(=O)OCOC(C)(C)C)cc1. The summed E-state index contributed by atoms with van der Waals surface area (Å²) in [6, 6.07) is 4.56. The van der Waals surface area contributed by atoms with Crippen LogP contribution in [0.4, 0.5) is 8.78 Å². The fraction of sp³-hybridized carbons (Fsp3) is 0.400.